The van der Waals surface area contributed by atoms with Gasteiger partial charge in [0.15, 0.2) is 0 Å². The van der Waals surface area contributed by atoms with Crippen LogP contribution in [0.1, 0.15) is 31.7 Å². The molecule has 0 saturated carbocycles. The first-order valence-corrected chi connectivity index (χ1v) is 6.85. The number of hydrogen-bond acceptors (Lipinski definition) is 5. The second-order valence-corrected chi connectivity index (χ2v) is 5.38. The number of aliphatic carboxylic acids is 1. The summed E-state index contributed by atoms with van der Waals surface area (Å²) in [6.07, 6.45) is -0.00435. The van der Waals surface area contributed by atoms with E-state index in [0.717, 1.165) is 0 Å². The van der Waals surface area contributed by atoms with Gasteiger partial charge in [0.05, 0.1) is 11.5 Å². The molecule has 1 rings (SSSR count). The third kappa shape index (κ3) is 4.03. The quantitative estimate of drug-likeness (QED) is 0.571. The monoisotopic (exact) mass is 312 g/mol. The number of carboxylic acid groups (broad SMARTS) is 1. The Hall–Kier alpha value is -2.45. The zero-order valence-corrected chi connectivity index (χ0v) is 13.0. The molecule has 9 nitrogen and oxygen atoms in total. The standard InChI is InChI=1S/C13H20N4O5/c1-7(2)11(13(19)20)14-10(18)5-6-16-9(4)12(17(21)22)8(3)15-16/h7,11H,5-6H2,1-4H3,(H,14,18)(H,19,20). The van der Waals surface area contributed by atoms with Crippen molar-refractivity contribution >= 4 is 17.6 Å². The van der Waals surface area contributed by atoms with Gasteiger partial charge >= 0.3 is 11.7 Å². The van der Waals surface area contributed by atoms with Crippen LogP contribution in [0.2, 0.25) is 0 Å². The second-order valence-electron chi connectivity index (χ2n) is 5.38. The van der Waals surface area contributed by atoms with E-state index in [2.05, 4.69) is 10.4 Å². The Balaban J connectivity index is 2.71. The van der Waals surface area contributed by atoms with E-state index in [4.69, 9.17) is 5.11 Å². The maximum absolute atomic E-state index is 11.8. The third-order valence-electron chi connectivity index (χ3n) is 3.33. The van der Waals surface area contributed by atoms with Gasteiger partial charge in [-0.3, -0.25) is 19.6 Å². The Labute approximate surface area is 127 Å². The van der Waals surface area contributed by atoms with Crippen LogP contribution in [0, 0.1) is 29.9 Å². The first-order valence-electron chi connectivity index (χ1n) is 6.85. The van der Waals surface area contributed by atoms with E-state index in [1.807, 2.05) is 0 Å². The minimum atomic E-state index is -1.09. The lowest BCUT2D eigenvalue weighted by molar-refractivity contribution is -0.386. The van der Waals surface area contributed by atoms with Gasteiger partial charge in [-0.2, -0.15) is 5.10 Å². The molecular weight excluding hydrogens is 292 g/mol. The fourth-order valence-electron chi connectivity index (χ4n) is 2.14. The highest BCUT2D eigenvalue weighted by atomic mass is 16.6. The average Bonchev–Trinajstić information content (AvgIpc) is 2.67. The molecule has 1 aromatic heterocycles. The molecule has 0 bridgehead atoms. The lowest BCUT2D eigenvalue weighted by Gasteiger charge is -2.17. The predicted molar refractivity (Wildman–Crippen MR) is 77.4 cm³/mol. The molecule has 1 aromatic rings. The number of nitrogens with zero attached hydrogens (tertiary/aromatic N) is 3. The Bertz CT molecular complexity index is 593. The molecule has 0 radical (unpaired) electrons. The number of rotatable bonds is 7. The van der Waals surface area contributed by atoms with Crippen LogP contribution in [0.15, 0.2) is 0 Å². The van der Waals surface area contributed by atoms with E-state index in [9.17, 15) is 19.7 Å². The predicted octanol–water partition coefficient (Wildman–Crippen LogP) is 1.02. The number of aryl methyl sites for hydroxylation is 2. The number of carbonyl (C=O) groups is 2. The van der Waals surface area contributed by atoms with Gasteiger partial charge in [-0.05, 0) is 19.8 Å². The largest absolute Gasteiger partial charge is 0.480 e. The highest BCUT2D eigenvalue weighted by Gasteiger charge is 2.24. The minimum Gasteiger partial charge on any atom is -0.480 e. The third-order valence-corrected chi connectivity index (χ3v) is 3.33. The van der Waals surface area contributed by atoms with Gasteiger partial charge < -0.3 is 10.4 Å². The Morgan fingerprint density at radius 3 is 2.41 bits per heavy atom. The van der Waals surface area contributed by atoms with E-state index in [0.29, 0.717) is 5.69 Å². The Morgan fingerprint density at radius 1 is 1.41 bits per heavy atom. The van der Waals surface area contributed by atoms with E-state index >= 15 is 0 Å². The molecule has 0 aliphatic carbocycles. The number of carbonyl (C=O) groups excluding carboxylic acids is 1. The first-order chi connectivity index (χ1) is 10.1. The van der Waals surface area contributed by atoms with Crippen molar-refractivity contribution in [2.75, 3.05) is 0 Å². The highest BCUT2D eigenvalue weighted by Crippen LogP contribution is 2.21. The molecule has 1 atom stereocenters. The molecule has 0 aliphatic rings. The van der Waals surface area contributed by atoms with Crippen molar-refractivity contribution in [3.05, 3.63) is 21.5 Å². The zero-order valence-electron chi connectivity index (χ0n) is 13.0. The maximum atomic E-state index is 11.8. The smallest absolute Gasteiger partial charge is 0.326 e. The summed E-state index contributed by atoms with van der Waals surface area (Å²) in [4.78, 5) is 33.2. The lowest BCUT2D eigenvalue weighted by Crippen LogP contribution is -2.44. The summed E-state index contributed by atoms with van der Waals surface area (Å²) in [6, 6.07) is -0.956. The van der Waals surface area contributed by atoms with Crippen molar-refractivity contribution in [1.82, 2.24) is 15.1 Å². The van der Waals surface area contributed by atoms with Crippen molar-refractivity contribution in [1.29, 1.82) is 0 Å². The summed E-state index contributed by atoms with van der Waals surface area (Å²) in [5.41, 5.74) is 0.591. The van der Waals surface area contributed by atoms with Crippen molar-refractivity contribution in [3.8, 4) is 0 Å². The van der Waals surface area contributed by atoms with Crippen LogP contribution in [-0.2, 0) is 16.1 Å². The molecule has 9 heteroatoms. The fourth-order valence-corrected chi connectivity index (χ4v) is 2.14. The van der Waals surface area contributed by atoms with Crippen molar-refractivity contribution in [2.24, 2.45) is 5.92 Å². The summed E-state index contributed by atoms with van der Waals surface area (Å²) in [6.45, 7) is 6.63. The number of aromatic nitrogens is 2. The fraction of sp³-hybridized carbons (Fsp3) is 0.615. The highest BCUT2D eigenvalue weighted by molar-refractivity contribution is 5.83. The SMILES string of the molecule is Cc1nn(CCC(=O)NC(C(=O)O)C(C)C)c(C)c1[N+](=O)[O-]. The molecule has 0 aromatic carbocycles. The summed E-state index contributed by atoms with van der Waals surface area (Å²) < 4.78 is 1.39. The molecule has 0 fully saturated rings. The molecular formula is C13H20N4O5. The van der Waals surface area contributed by atoms with Gasteiger partial charge in [0, 0.05) is 6.42 Å². The van der Waals surface area contributed by atoms with Gasteiger partial charge in [0.1, 0.15) is 17.4 Å². The van der Waals surface area contributed by atoms with Gasteiger partial charge in [-0.25, -0.2) is 4.79 Å². The normalized spacial score (nSPS) is 12.2. The summed E-state index contributed by atoms with van der Waals surface area (Å²) >= 11 is 0. The summed E-state index contributed by atoms with van der Waals surface area (Å²) in [5.74, 6) is -1.77. The van der Waals surface area contributed by atoms with Crippen molar-refractivity contribution in [2.45, 2.75) is 46.7 Å². The first kappa shape index (κ1) is 17.6. The van der Waals surface area contributed by atoms with Crippen molar-refractivity contribution < 1.29 is 19.6 Å². The molecule has 1 heterocycles. The van der Waals surface area contributed by atoms with E-state index < -0.39 is 22.8 Å². The molecule has 0 spiro atoms. The van der Waals surface area contributed by atoms with Gasteiger partial charge in [0.25, 0.3) is 0 Å². The van der Waals surface area contributed by atoms with Crippen LogP contribution in [0.5, 0.6) is 0 Å². The lowest BCUT2D eigenvalue weighted by atomic mass is 10.0. The topological polar surface area (TPSA) is 127 Å². The molecule has 1 unspecified atom stereocenters. The molecule has 2 N–H and O–H groups in total. The summed E-state index contributed by atoms with van der Waals surface area (Å²) in [5, 5.41) is 26.4. The van der Waals surface area contributed by atoms with Crippen LogP contribution in [0.3, 0.4) is 0 Å². The van der Waals surface area contributed by atoms with Gasteiger partial charge in [0.2, 0.25) is 5.91 Å². The summed E-state index contributed by atoms with van der Waals surface area (Å²) in [7, 11) is 0. The van der Waals surface area contributed by atoms with Crippen LogP contribution >= 0.6 is 0 Å². The minimum absolute atomic E-state index is 0.00435. The molecule has 0 saturated heterocycles. The molecule has 0 aliphatic heterocycles. The van der Waals surface area contributed by atoms with Crippen LogP contribution in [0.4, 0.5) is 5.69 Å². The molecule has 122 valence electrons. The molecule has 1 amide bonds. The van der Waals surface area contributed by atoms with E-state index in [-0.39, 0.29) is 30.3 Å². The average molecular weight is 312 g/mol. The van der Waals surface area contributed by atoms with Gasteiger partial charge in [-0.15, -0.1) is 0 Å². The maximum Gasteiger partial charge on any atom is 0.326 e. The van der Waals surface area contributed by atoms with E-state index in [1.54, 1.807) is 20.8 Å². The van der Waals surface area contributed by atoms with Crippen LogP contribution < -0.4 is 5.32 Å². The van der Waals surface area contributed by atoms with Gasteiger partial charge in [-0.1, -0.05) is 13.8 Å². The number of nitro groups is 1. The Kier molecular flexibility index (Phi) is 5.61. The number of amides is 1. The van der Waals surface area contributed by atoms with Crippen molar-refractivity contribution in [3.63, 3.8) is 0 Å². The zero-order chi connectivity index (χ0) is 17.0. The van der Waals surface area contributed by atoms with Crippen LogP contribution in [-0.4, -0.2) is 37.7 Å². The number of hydrogen-bond donors (Lipinski definition) is 2. The van der Waals surface area contributed by atoms with Crippen LogP contribution in [0.25, 0.3) is 0 Å². The molecule has 22 heavy (non-hydrogen) atoms. The number of carboxylic acids is 1. The number of nitrogens with one attached hydrogen (secondary N) is 1. The second kappa shape index (κ2) is 7.01. The Morgan fingerprint density at radius 2 is 2.00 bits per heavy atom. The van der Waals surface area contributed by atoms with E-state index in [1.165, 1.54) is 11.6 Å².